The molecular weight excluding hydrogens is 342 g/mol. The van der Waals surface area contributed by atoms with Crippen LogP contribution < -0.4 is 5.32 Å². The lowest BCUT2D eigenvalue weighted by Crippen LogP contribution is -2.30. The SMILES string of the molecule is Cc1cc(C)c(NC(=O)[C@H](C)OC(=O)c2ccc(C)c(O)c2)c(Cl)c1. The molecule has 0 saturated heterocycles. The minimum absolute atomic E-state index is 0.00591. The summed E-state index contributed by atoms with van der Waals surface area (Å²) in [4.78, 5) is 24.4. The van der Waals surface area contributed by atoms with E-state index in [1.807, 2.05) is 19.9 Å². The molecule has 0 aliphatic carbocycles. The molecule has 5 nitrogen and oxygen atoms in total. The number of hydrogen-bond donors (Lipinski definition) is 2. The Morgan fingerprint density at radius 1 is 1.12 bits per heavy atom. The average molecular weight is 362 g/mol. The molecule has 0 radical (unpaired) electrons. The van der Waals surface area contributed by atoms with E-state index < -0.39 is 18.0 Å². The highest BCUT2D eigenvalue weighted by atomic mass is 35.5. The zero-order valence-corrected chi connectivity index (χ0v) is 15.3. The molecule has 2 aromatic rings. The van der Waals surface area contributed by atoms with E-state index >= 15 is 0 Å². The number of amides is 1. The molecule has 6 heteroatoms. The molecular formula is C19H20ClNO4. The predicted molar refractivity (Wildman–Crippen MR) is 97.3 cm³/mol. The molecule has 0 spiro atoms. The maximum Gasteiger partial charge on any atom is 0.339 e. The third-order valence-electron chi connectivity index (χ3n) is 3.78. The first-order valence-corrected chi connectivity index (χ1v) is 8.15. The predicted octanol–water partition coefficient (Wildman–Crippen LogP) is 4.15. The van der Waals surface area contributed by atoms with Gasteiger partial charge in [0, 0.05) is 0 Å². The second-order valence-electron chi connectivity index (χ2n) is 5.98. The van der Waals surface area contributed by atoms with E-state index in [1.165, 1.54) is 19.1 Å². The minimum atomic E-state index is -1.02. The lowest BCUT2D eigenvalue weighted by atomic mass is 10.1. The average Bonchev–Trinajstić information content (AvgIpc) is 2.53. The lowest BCUT2D eigenvalue weighted by Gasteiger charge is -2.16. The molecule has 0 aromatic heterocycles. The highest BCUT2D eigenvalue weighted by Crippen LogP contribution is 2.27. The van der Waals surface area contributed by atoms with Crippen molar-refractivity contribution in [2.45, 2.75) is 33.8 Å². The van der Waals surface area contributed by atoms with Crippen molar-refractivity contribution in [1.82, 2.24) is 0 Å². The monoisotopic (exact) mass is 361 g/mol. The zero-order valence-electron chi connectivity index (χ0n) is 14.5. The Labute approximate surface area is 151 Å². The van der Waals surface area contributed by atoms with E-state index in [2.05, 4.69) is 5.32 Å². The summed E-state index contributed by atoms with van der Waals surface area (Å²) in [6.45, 7) is 6.93. The first-order chi connectivity index (χ1) is 11.7. The maximum absolute atomic E-state index is 12.3. The Hall–Kier alpha value is -2.53. The smallest absolute Gasteiger partial charge is 0.339 e. The van der Waals surface area contributed by atoms with Gasteiger partial charge in [-0.2, -0.15) is 0 Å². The molecule has 1 amide bonds. The Balaban J connectivity index is 2.07. The topological polar surface area (TPSA) is 75.6 Å². The molecule has 0 bridgehead atoms. The number of aryl methyl sites for hydroxylation is 3. The highest BCUT2D eigenvalue weighted by molar-refractivity contribution is 6.34. The molecule has 2 aromatic carbocycles. The van der Waals surface area contributed by atoms with Crippen LogP contribution >= 0.6 is 11.6 Å². The molecule has 2 rings (SSSR count). The number of anilines is 1. The normalized spacial score (nSPS) is 11.7. The van der Waals surface area contributed by atoms with Crippen molar-refractivity contribution >= 4 is 29.2 Å². The van der Waals surface area contributed by atoms with Crippen LogP contribution in [0, 0.1) is 20.8 Å². The number of benzene rings is 2. The van der Waals surface area contributed by atoms with Gasteiger partial charge in [0.1, 0.15) is 5.75 Å². The number of carbonyl (C=O) groups excluding carboxylic acids is 2. The quantitative estimate of drug-likeness (QED) is 0.802. The molecule has 25 heavy (non-hydrogen) atoms. The number of carbonyl (C=O) groups is 2. The lowest BCUT2D eigenvalue weighted by molar-refractivity contribution is -0.123. The molecule has 0 heterocycles. The van der Waals surface area contributed by atoms with Gasteiger partial charge in [0.2, 0.25) is 0 Å². The van der Waals surface area contributed by atoms with Crippen LogP contribution in [0.1, 0.15) is 34.0 Å². The minimum Gasteiger partial charge on any atom is -0.508 e. The number of phenolic OH excluding ortho intramolecular Hbond substituents is 1. The Morgan fingerprint density at radius 2 is 1.80 bits per heavy atom. The standard InChI is InChI=1S/C19H20ClNO4/c1-10-7-12(3)17(15(20)8-10)21-18(23)13(4)25-19(24)14-6-5-11(2)16(22)9-14/h5-9,13,22H,1-4H3,(H,21,23)/t13-/m0/s1. The third kappa shape index (κ3) is 4.51. The van der Waals surface area contributed by atoms with E-state index in [0.717, 1.165) is 11.1 Å². The number of nitrogens with one attached hydrogen (secondary N) is 1. The number of halogens is 1. The second-order valence-corrected chi connectivity index (χ2v) is 6.38. The van der Waals surface area contributed by atoms with Gasteiger partial charge in [-0.25, -0.2) is 4.79 Å². The van der Waals surface area contributed by atoms with Crippen LogP contribution in [0.5, 0.6) is 5.75 Å². The van der Waals surface area contributed by atoms with E-state index in [0.29, 0.717) is 16.3 Å². The zero-order chi connectivity index (χ0) is 18.7. The summed E-state index contributed by atoms with van der Waals surface area (Å²) in [6, 6.07) is 8.08. The number of esters is 1. The summed E-state index contributed by atoms with van der Waals surface area (Å²) in [6.07, 6.45) is -1.02. The summed E-state index contributed by atoms with van der Waals surface area (Å²) in [5, 5.41) is 12.8. The molecule has 2 N–H and O–H groups in total. The van der Waals surface area contributed by atoms with Crippen molar-refractivity contribution in [3.05, 3.63) is 57.6 Å². The van der Waals surface area contributed by atoms with Crippen molar-refractivity contribution < 1.29 is 19.4 Å². The molecule has 0 saturated carbocycles. The summed E-state index contributed by atoms with van der Waals surface area (Å²) >= 11 is 6.17. The molecule has 0 unspecified atom stereocenters. The number of rotatable bonds is 4. The van der Waals surface area contributed by atoms with Gasteiger partial charge < -0.3 is 15.2 Å². The van der Waals surface area contributed by atoms with Crippen molar-refractivity contribution in [3.8, 4) is 5.75 Å². The van der Waals surface area contributed by atoms with Gasteiger partial charge in [-0.05, 0) is 62.6 Å². The third-order valence-corrected chi connectivity index (χ3v) is 4.08. The fraction of sp³-hybridized carbons (Fsp3) is 0.263. The molecule has 1 atom stereocenters. The summed E-state index contributed by atoms with van der Waals surface area (Å²) in [5.74, 6) is -1.18. The van der Waals surface area contributed by atoms with Crippen LogP contribution in [-0.4, -0.2) is 23.1 Å². The fourth-order valence-electron chi connectivity index (χ4n) is 2.32. The van der Waals surface area contributed by atoms with Crippen molar-refractivity contribution in [1.29, 1.82) is 0 Å². The van der Waals surface area contributed by atoms with E-state index in [-0.39, 0.29) is 11.3 Å². The van der Waals surface area contributed by atoms with Gasteiger partial charge in [-0.1, -0.05) is 23.7 Å². The van der Waals surface area contributed by atoms with E-state index in [1.54, 1.807) is 19.1 Å². The van der Waals surface area contributed by atoms with Crippen LogP contribution in [0.2, 0.25) is 5.02 Å². The first-order valence-electron chi connectivity index (χ1n) is 7.77. The maximum atomic E-state index is 12.3. The van der Waals surface area contributed by atoms with Gasteiger partial charge in [-0.3, -0.25) is 4.79 Å². The van der Waals surface area contributed by atoms with Crippen LogP contribution in [0.25, 0.3) is 0 Å². The summed E-state index contributed by atoms with van der Waals surface area (Å²) in [5.41, 5.74) is 3.12. The van der Waals surface area contributed by atoms with Gasteiger partial charge in [0.15, 0.2) is 6.10 Å². The van der Waals surface area contributed by atoms with Crippen molar-refractivity contribution in [2.75, 3.05) is 5.32 Å². The molecule has 0 aliphatic heterocycles. The Kier molecular flexibility index (Phi) is 5.69. The van der Waals surface area contributed by atoms with Gasteiger partial charge >= 0.3 is 5.97 Å². The first kappa shape index (κ1) is 18.8. The van der Waals surface area contributed by atoms with Crippen molar-refractivity contribution in [2.24, 2.45) is 0 Å². The summed E-state index contributed by atoms with van der Waals surface area (Å²) < 4.78 is 5.16. The highest BCUT2D eigenvalue weighted by Gasteiger charge is 2.21. The van der Waals surface area contributed by atoms with Crippen molar-refractivity contribution in [3.63, 3.8) is 0 Å². The fourth-order valence-corrected chi connectivity index (χ4v) is 2.69. The van der Waals surface area contributed by atoms with Crippen LogP contribution in [-0.2, 0) is 9.53 Å². The van der Waals surface area contributed by atoms with E-state index in [9.17, 15) is 14.7 Å². The Morgan fingerprint density at radius 3 is 2.40 bits per heavy atom. The molecule has 0 aliphatic rings. The van der Waals surface area contributed by atoms with Gasteiger partial charge in [0.25, 0.3) is 5.91 Å². The number of phenols is 1. The molecule has 0 fully saturated rings. The van der Waals surface area contributed by atoms with E-state index in [4.69, 9.17) is 16.3 Å². The largest absolute Gasteiger partial charge is 0.508 e. The van der Waals surface area contributed by atoms with Crippen LogP contribution in [0.4, 0.5) is 5.69 Å². The Bertz CT molecular complexity index is 809. The van der Waals surface area contributed by atoms with Gasteiger partial charge in [0.05, 0.1) is 16.3 Å². The second kappa shape index (κ2) is 7.57. The number of ether oxygens (including phenoxy) is 1. The summed E-state index contributed by atoms with van der Waals surface area (Å²) in [7, 11) is 0. The van der Waals surface area contributed by atoms with Crippen LogP contribution in [0.3, 0.4) is 0 Å². The van der Waals surface area contributed by atoms with Gasteiger partial charge in [-0.15, -0.1) is 0 Å². The number of aromatic hydroxyl groups is 1. The molecule has 132 valence electrons. The van der Waals surface area contributed by atoms with Crippen LogP contribution in [0.15, 0.2) is 30.3 Å². The number of hydrogen-bond acceptors (Lipinski definition) is 4.